The van der Waals surface area contributed by atoms with Gasteiger partial charge in [-0.25, -0.2) is 19.4 Å². The summed E-state index contributed by atoms with van der Waals surface area (Å²) in [6.45, 7) is 6.42. The SMILES string of the molecule is C[C@H]1C[C@@H]2[C@H]([C@@H](O)C[C@@]3(C)[C@H]2CC[C@]3(OC(=O)c2cocn2)C(=O)SCC#N)[C@@]2(C)Cc3cnn(-c4ccc(F)nc4)c3C=C12. The number of allylic oxidation sites excluding steroid dienone is 1. The zero-order valence-corrected chi connectivity index (χ0v) is 26.1. The Balaban J connectivity index is 1.25. The molecule has 0 radical (unpaired) electrons. The van der Waals surface area contributed by atoms with Gasteiger partial charge in [-0.1, -0.05) is 38.1 Å². The van der Waals surface area contributed by atoms with Crippen molar-refractivity contribution in [2.24, 2.45) is 34.5 Å². The van der Waals surface area contributed by atoms with E-state index in [4.69, 9.17) is 9.15 Å². The lowest BCUT2D eigenvalue weighted by Gasteiger charge is -2.61. The maximum absolute atomic E-state index is 14.0. The molecule has 0 unspecified atom stereocenters. The maximum Gasteiger partial charge on any atom is 0.361 e. The van der Waals surface area contributed by atoms with Crippen molar-refractivity contribution in [1.29, 1.82) is 5.26 Å². The Morgan fingerprint density at radius 3 is 2.82 bits per heavy atom. The van der Waals surface area contributed by atoms with E-state index in [2.05, 4.69) is 35.0 Å². The summed E-state index contributed by atoms with van der Waals surface area (Å²) in [6.07, 6.45) is 9.77. The standard InChI is InChI=1S/C33H34FN5O5S/c1-18-10-21-22-6-7-33(30(42)45-9-8-35,44-29(41)24-16-43-17-37-24)32(22,3)13-26(40)28(21)31(2)12-19-14-38-39(25(19)11-23(18)31)20-4-5-27(34)36-15-20/h4-5,11,14-18,21-22,26,28,40H,6-7,9-10,12-13H2,1-3H3/t18-,21-,22-,26-,28+,31-,32-,33-/m0/s1. The molecule has 0 spiro atoms. The van der Waals surface area contributed by atoms with Crippen LogP contribution in [0.2, 0.25) is 0 Å². The zero-order valence-electron chi connectivity index (χ0n) is 25.3. The van der Waals surface area contributed by atoms with Crippen LogP contribution in [-0.4, -0.2) is 53.4 Å². The molecule has 1 N–H and O–H groups in total. The Kier molecular flexibility index (Phi) is 7.05. The molecule has 45 heavy (non-hydrogen) atoms. The van der Waals surface area contributed by atoms with Gasteiger partial charge in [-0.3, -0.25) is 4.79 Å². The highest BCUT2D eigenvalue weighted by molar-refractivity contribution is 8.14. The molecule has 12 heteroatoms. The van der Waals surface area contributed by atoms with Gasteiger partial charge < -0.3 is 14.3 Å². The van der Waals surface area contributed by atoms with Crippen molar-refractivity contribution in [3.8, 4) is 11.8 Å². The molecule has 3 aromatic heterocycles. The molecule has 8 atom stereocenters. The summed E-state index contributed by atoms with van der Waals surface area (Å²) in [5, 5.41) is 25.7. The number of rotatable bonds is 5. The number of carbonyl (C=O) groups excluding carboxylic acids is 2. The molecule has 0 amide bonds. The molecule has 3 aromatic rings. The normalized spacial score (nSPS) is 34.8. The minimum atomic E-state index is -1.52. The summed E-state index contributed by atoms with van der Waals surface area (Å²) in [5.41, 5.74) is 1.13. The molecule has 0 aliphatic heterocycles. The number of esters is 1. The lowest BCUT2D eigenvalue weighted by Crippen LogP contribution is -2.63. The van der Waals surface area contributed by atoms with Crippen molar-refractivity contribution >= 4 is 28.9 Å². The number of pyridine rings is 1. The first-order valence-electron chi connectivity index (χ1n) is 15.3. The molecule has 10 nitrogen and oxygen atoms in total. The number of fused-ring (bicyclic) bond motifs is 6. The van der Waals surface area contributed by atoms with Gasteiger partial charge in [0.15, 0.2) is 17.7 Å². The van der Waals surface area contributed by atoms with Crippen LogP contribution in [0.4, 0.5) is 4.39 Å². The third-order valence-corrected chi connectivity index (χ3v) is 12.2. The van der Waals surface area contributed by atoms with Gasteiger partial charge in [0.2, 0.25) is 11.1 Å². The van der Waals surface area contributed by atoms with Crippen LogP contribution >= 0.6 is 11.8 Å². The molecule has 4 aliphatic rings. The molecule has 3 saturated carbocycles. The van der Waals surface area contributed by atoms with Gasteiger partial charge in [0.25, 0.3) is 0 Å². The van der Waals surface area contributed by atoms with Crippen molar-refractivity contribution < 1.29 is 28.2 Å². The van der Waals surface area contributed by atoms with Crippen molar-refractivity contribution in [2.45, 2.75) is 64.6 Å². The number of aliphatic hydroxyl groups excluding tert-OH is 1. The smallest absolute Gasteiger partial charge is 0.361 e. The lowest BCUT2D eigenvalue weighted by atomic mass is 9.44. The summed E-state index contributed by atoms with van der Waals surface area (Å²) >= 11 is 0.862. The number of oxazole rings is 1. The first-order chi connectivity index (χ1) is 21.5. The number of carbonyl (C=O) groups is 2. The van der Waals surface area contributed by atoms with E-state index in [1.54, 1.807) is 10.7 Å². The second-order valence-corrected chi connectivity index (χ2v) is 14.4. The van der Waals surface area contributed by atoms with E-state index >= 15 is 0 Å². The first-order valence-corrected chi connectivity index (χ1v) is 16.3. The summed E-state index contributed by atoms with van der Waals surface area (Å²) in [6, 6.07) is 4.99. The van der Waals surface area contributed by atoms with Gasteiger partial charge in [-0.05, 0) is 85.0 Å². The van der Waals surface area contributed by atoms with E-state index in [0.717, 1.165) is 35.8 Å². The zero-order chi connectivity index (χ0) is 31.7. The molecule has 3 fully saturated rings. The number of halogens is 1. The summed E-state index contributed by atoms with van der Waals surface area (Å²) in [5.74, 6) is -1.23. The van der Waals surface area contributed by atoms with E-state index in [9.17, 15) is 24.3 Å². The number of ether oxygens (including phenoxy) is 1. The predicted molar refractivity (Wildman–Crippen MR) is 161 cm³/mol. The van der Waals surface area contributed by atoms with Crippen LogP contribution in [0.1, 0.15) is 68.2 Å². The highest BCUT2D eigenvalue weighted by Crippen LogP contribution is 2.69. The average Bonchev–Trinajstić information content (AvgIpc) is 3.74. The maximum atomic E-state index is 14.0. The van der Waals surface area contributed by atoms with Crippen LogP contribution in [0.3, 0.4) is 0 Å². The minimum absolute atomic E-state index is 0.00196. The van der Waals surface area contributed by atoms with Crippen molar-refractivity contribution in [2.75, 3.05) is 5.75 Å². The van der Waals surface area contributed by atoms with E-state index in [-0.39, 0.29) is 52.1 Å². The van der Waals surface area contributed by atoms with Gasteiger partial charge in [-0.15, -0.1) is 0 Å². The van der Waals surface area contributed by atoms with Crippen molar-refractivity contribution in [3.63, 3.8) is 0 Å². The van der Waals surface area contributed by atoms with Gasteiger partial charge >= 0.3 is 5.97 Å². The summed E-state index contributed by atoms with van der Waals surface area (Å²) in [7, 11) is 0. The lowest BCUT2D eigenvalue weighted by molar-refractivity contribution is -0.177. The second-order valence-electron chi connectivity index (χ2n) is 13.5. The Labute approximate surface area is 264 Å². The molecular weight excluding hydrogens is 597 g/mol. The van der Waals surface area contributed by atoms with E-state index in [1.807, 2.05) is 19.2 Å². The molecule has 234 valence electrons. The molecule has 0 bridgehead atoms. The number of nitrogens with zero attached hydrogens (tertiary/aromatic N) is 5. The first kappa shape index (κ1) is 29.9. The predicted octanol–water partition coefficient (Wildman–Crippen LogP) is 5.17. The quantitative estimate of drug-likeness (QED) is 0.296. The van der Waals surface area contributed by atoms with Gasteiger partial charge in [0.1, 0.15) is 6.26 Å². The topological polar surface area (TPSA) is 144 Å². The molecule has 4 aliphatic carbocycles. The van der Waals surface area contributed by atoms with Crippen molar-refractivity contribution in [1.82, 2.24) is 19.7 Å². The Morgan fingerprint density at radius 2 is 2.11 bits per heavy atom. The van der Waals surface area contributed by atoms with Crippen LogP contribution in [0.25, 0.3) is 11.8 Å². The van der Waals surface area contributed by atoms with Gasteiger partial charge in [0.05, 0.1) is 41.7 Å². The second kappa shape index (κ2) is 10.6. The van der Waals surface area contributed by atoms with E-state index in [1.165, 1.54) is 24.1 Å². The van der Waals surface area contributed by atoms with Crippen LogP contribution in [0, 0.1) is 51.8 Å². The molecule has 3 heterocycles. The van der Waals surface area contributed by atoms with E-state index in [0.29, 0.717) is 24.9 Å². The van der Waals surface area contributed by atoms with E-state index < -0.39 is 29.0 Å². The number of hydrogen-bond acceptors (Lipinski definition) is 10. The summed E-state index contributed by atoms with van der Waals surface area (Å²) < 4.78 is 26.5. The number of aromatic nitrogens is 4. The van der Waals surface area contributed by atoms with Crippen molar-refractivity contribution in [3.05, 3.63) is 65.7 Å². The highest BCUT2D eigenvalue weighted by atomic mass is 32.2. The molecular formula is C33H34FN5O5S. The summed E-state index contributed by atoms with van der Waals surface area (Å²) in [4.78, 5) is 35.0. The van der Waals surface area contributed by atoms with Crippen LogP contribution in [0.5, 0.6) is 0 Å². The monoisotopic (exact) mass is 631 g/mol. The fourth-order valence-corrected chi connectivity index (χ4v) is 10.4. The average molecular weight is 632 g/mol. The Bertz CT molecular complexity index is 1730. The number of hydrogen-bond donors (Lipinski definition) is 1. The molecule has 0 aromatic carbocycles. The third-order valence-electron chi connectivity index (χ3n) is 11.3. The largest absolute Gasteiger partial charge is 0.451 e. The Hall–Kier alpha value is -3.82. The molecule has 7 rings (SSSR count). The Morgan fingerprint density at radius 1 is 1.29 bits per heavy atom. The third kappa shape index (κ3) is 4.34. The van der Waals surface area contributed by atoms with Gasteiger partial charge in [-0.2, -0.15) is 14.8 Å². The van der Waals surface area contributed by atoms with Gasteiger partial charge in [0, 0.05) is 5.41 Å². The molecule has 0 saturated heterocycles. The highest BCUT2D eigenvalue weighted by Gasteiger charge is 2.71. The minimum Gasteiger partial charge on any atom is -0.451 e. The van der Waals surface area contributed by atoms with Crippen LogP contribution in [-0.2, 0) is 16.0 Å². The van der Waals surface area contributed by atoms with Crippen LogP contribution < -0.4 is 0 Å². The van der Waals surface area contributed by atoms with Crippen LogP contribution in [0.15, 0.2) is 47.2 Å². The number of aliphatic hydroxyl groups is 1. The number of nitriles is 1. The number of thioether (sulfide) groups is 1. The fraction of sp³-hybridized carbons (Fsp3) is 0.515. The fourth-order valence-electron chi connectivity index (χ4n) is 9.59.